The predicted octanol–water partition coefficient (Wildman–Crippen LogP) is 1.29. The maximum Gasteiger partial charge on any atom is 0.220 e. The molecule has 0 saturated heterocycles. The summed E-state index contributed by atoms with van der Waals surface area (Å²) in [5, 5.41) is 2.97. The van der Waals surface area contributed by atoms with Gasteiger partial charge in [-0.2, -0.15) is 0 Å². The highest BCUT2D eigenvalue weighted by Gasteiger charge is 2.15. The maximum atomic E-state index is 11.6. The number of hydrogen-bond acceptors (Lipinski definition) is 3. The van der Waals surface area contributed by atoms with Gasteiger partial charge in [0.2, 0.25) is 5.91 Å². The topological polar surface area (TPSA) is 58.4 Å². The molecular formula is C16H25N3O. The zero-order valence-electron chi connectivity index (χ0n) is 12.3. The molecule has 4 nitrogen and oxygen atoms in total. The summed E-state index contributed by atoms with van der Waals surface area (Å²) in [5.41, 5.74) is 8.52. The van der Waals surface area contributed by atoms with Crippen molar-refractivity contribution in [1.82, 2.24) is 10.2 Å². The van der Waals surface area contributed by atoms with E-state index in [9.17, 15) is 4.79 Å². The third kappa shape index (κ3) is 4.62. The predicted molar refractivity (Wildman–Crippen MR) is 81.3 cm³/mol. The van der Waals surface area contributed by atoms with Gasteiger partial charge in [-0.15, -0.1) is 0 Å². The second kappa shape index (κ2) is 7.41. The fraction of sp³-hybridized carbons (Fsp3) is 0.562. The van der Waals surface area contributed by atoms with Crippen molar-refractivity contribution in [3.05, 3.63) is 35.4 Å². The van der Waals surface area contributed by atoms with Crippen molar-refractivity contribution in [2.24, 2.45) is 5.73 Å². The van der Waals surface area contributed by atoms with E-state index in [1.165, 1.54) is 11.1 Å². The first-order valence-corrected chi connectivity index (χ1v) is 7.46. The van der Waals surface area contributed by atoms with Crippen LogP contribution in [-0.2, 0) is 17.8 Å². The summed E-state index contributed by atoms with van der Waals surface area (Å²) in [7, 11) is 0. The first kappa shape index (κ1) is 15.0. The lowest BCUT2D eigenvalue weighted by molar-refractivity contribution is -0.121. The Morgan fingerprint density at radius 2 is 2.15 bits per heavy atom. The highest BCUT2D eigenvalue weighted by Crippen LogP contribution is 2.17. The summed E-state index contributed by atoms with van der Waals surface area (Å²) in [5.74, 6) is 0.111. The highest BCUT2D eigenvalue weighted by molar-refractivity contribution is 5.75. The normalized spacial score (nSPS) is 16.5. The van der Waals surface area contributed by atoms with E-state index in [-0.39, 0.29) is 11.9 Å². The molecule has 0 aliphatic carbocycles. The summed E-state index contributed by atoms with van der Waals surface area (Å²) in [6, 6.07) is 8.70. The lowest BCUT2D eigenvalue weighted by atomic mass is 10.00. The Bertz CT molecular complexity index is 445. The number of nitrogens with one attached hydrogen (secondary N) is 1. The number of benzene rings is 1. The van der Waals surface area contributed by atoms with Gasteiger partial charge in [-0.1, -0.05) is 24.3 Å². The van der Waals surface area contributed by atoms with E-state index >= 15 is 0 Å². The van der Waals surface area contributed by atoms with Gasteiger partial charge in [-0.3, -0.25) is 9.69 Å². The number of nitrogens with two attached hydrogens (primary N) is 1. The molecule has 20 heavy (non-hydrogen) atoms. The van der Waals surface area contributed by atoms with Crippen molar-refractivity contribution >= 4 is 5.91 Å². The first-order chi connectivity index (χ1) is 9.65. The van der Waals surface area contributed by atoms with E-state index in [0.29, 0.717) is 6.42 Å². The fourth-order valence-electron chi connectivity index (χ4n) is 2.55. The minimum Gasteiger partial charge on any atom is -0.355 e. The van der Waals surface area contributed by atoms with E-state index in [4.69, 9.17) is 5.73 Å². The van der Waals surface area contributed by atoms with E-state index in [1.807, 2.05) is 6.92 Å². The second-order valence-corrected chi connectivity index (χ2v) is 5.66. The summed E-state index contributed by atoms with van der Waals surface area (Å²) < 4.78 is 0. The van der Waals surface area contributed by atoms with Crippen molar-refractivity contribution < 1.29 is 4.79 Å². The molecule has 4 heteroatoms. The Morgan fingerprint density at radius 3 is 2.90 bits per heavy atom. The third-order valence-corrected chi connectivity index (χ3v) is 3.79. The molecule has 1 aromatic carbocycles. The van der Waals surface area contributed by atoms with E-state index < -0.39 is 0 Å². The smallest absolute Gasteiger partial charge is 0.220 e. The van der Waals surface area contributed by atoms with Gasteiger partial charge >= 0.3 is 0 Å². The van der Waals surface area contributed by atoms with Gasteiger partial charge < -0.3 is 11.1 Å². The van der Waals surface area contributed by atoms with Gasteiger partial charge in [0, 0.05) is 38.6 Å². The molecule has 1 unspecified atom stereocenters. The van der Waals surface area contributed by atoms with Crippen LogP contribution in [0.2, 0.25) is 0 Å². The molecule has 1 heterocycles. The SMILES string of the molecule is CC(N)CCC(=O)NCCN1CCc2ccccc2C1. The molecule has 2 rings (SSSR count). The van der Waals surface area contributed by atoms with Crippen molar-refractivity contribution in [3.63, 3.8) is 0 Å². The number of hydrogen-bond donors (Lipinski definition) is 2. The summed E-state index contributed by atoms with van der Waals surface area (Å²) in [4.78, 5) is 14.0. The molecule has 0 saturated carbocycles. The first-order valence-electron chi connectivity index (χ1n) is 7.46. The van der Waals surface area contributed by atoms with Crippen LogP contribution in [0.15, 0.2) is 24.3 Å². The lowest BCUT2D eigenvalue weighted by Gasteiger charge is -2.28. The van der Waals surface area contributed by atoms with Crippen LogP contribution in [0.1, 0.15) is 30.9 Å². The summed E-state index contributed by atoms with van der Waals surface area (Å²) >= 11 is 0. The third-order valence-electron chi connectivity index (χ3n) is 3.79. The quantitative estimate of drug-likeness (QED) is 0.822. The Kier molecular flexibility index (Phi) is 5.56. The molecule has 1 amide bonds. The van der Waals surface area contributed by atoms with Crippen molar-refractivity contribution in [3.8, 4) is 0 Å². The Hall–Kier alpha value is -1.39. The number of rotatable bonds is 6. The lowest BCUT2D eigenvalue weighted by Crippen LogP contribution is -2.38. The number of carbonyl (C=O) groups excluding carboxylic acids is 1. The van der Waals surface area contributed by atoms with Crippen LogP contribution >= 0.6 is 0 Å². The van der Waals surface area contributed by atoms with Crippen LogP contribution in [0.3, 0.4) is 0 Å². The second-order valence-electron chi connectivity index (χ2n) is 5.66. The van der Waals surface area contributed by atoms with Gasteiger partial charge in [0.1, 0.15) is 0 Å². The zero-order valence-corrected chi connectivity index (χ0v) is 12.3. The van der Waals surface area contributed by atoms with Crippen molar-refractivity contribution in [2.75, 3.05) is 19.6 Å². The fourth-order valence-corrected chi connectivity index (χ4v) is 2.55. The van der Waals surface area contributed by atoms with Crippen LogP contribution in [-0.4, -0.2) is 36.5 Å². The number of carbonyl (C=O) groups is 1. The standard InChI is InChI=1S/C16H25N3O/c1-13(17)6-7-16(20)18-9-11-19-10-8-14-4-2-3-5-15(14)12-19/h2-5,13H,6-12,17H2,1H3,(H,18,20). The molecule has 1 aliphatic rings. The Balaban J connectivity index is 1.67. The van der Waals surface area contributed by atoms with Gasteiger partial charge in [0.25, 0.3) is 0 Å². The van der Waals surface area contributed by atoms with Crippen molar-refractivity contribution in [1.29, 1.82) is 0 Å². The highest BCUT2D eigenvalue weighted by atomic mass is 16.1. The number of amides is 1. The van der Waals surface area contributed by atoms with Crippen LogP contribution in [0.4, 0.5) is 0 Å². The van der Waals surface area contributed by atoms with Gasteiger partial charge in [0.15, 0.2) is 0 Å². The number of fused-ring (bicyclic) bond motifs is 1. The van der Waals surface area contributed by atoms with Crippen LogP contribution in [0.25, 0.3) is 0 Å². The minimum absolute atomic E-state index is 0.0966. The largest absolute Gasteiger partial charge is 0.355 e. The Labute approximate surface area is 121 Å². The molecule has 110 valence electrons. The molecule has 1 atom stereocenters. The molecule has 0 fully saturated rings. The molecule has 0 radical (unpaired) electrons. The molecular weight excluding hydrogens is 250 g/mol. The zero-order chi connectivity index (χ0) is 14.4. The number of nitrogens with zero attached hydrogens (tertiary/aromatic N) is 1. The minimum atomic E-state index is 0.0966. The molecule has 0 spiro atoms. The molecule has 1 aliphatic heterocycles. The van der Waals surface area contributed by atoms with Crippen LogP contribution in [0, 0.1) is 0 Å². The average Bonchev–Trinajstić information content (AvgIpc) is 2.45. The average molecular weight is 275 g/mol. The monoisotopic (exact) mass is 275 g/mol. The van der Waals surface area contributed by atoms with E-state index in [2.05, 4.69) is 34.5 Å². The van der Waals surface area contributed by atoms with Gasteiger partial charge in [-0.25, -0.2) is 0 Å². The molecule has 1 aromatic rings. The van der Waals surface area contributed by atoms with Gasteiger partial charge in [0.05, 0.1) is 0 Å². The van der Waals surface area contributed by atoms with Crippen molar-refractivity contribution in [2.45, 2.75) is 38.8 Å². The maximum absolute atomic E-state index is 11.6. The Morgan fingerprint density at radius 1 is 1.40 bits per heavy atom. The van der Waals surface area contributed by atoms with Crippen LogP contribution in [0.5, 0.6) is 0 Å². The van der Waals surface area contributed by atoms with E-state index in [1.54, 1.807) is 0 Å². The molecule has 0 aromatic heterocycles. The van der Waals surface area contributed by atoms with Gasteiger partial charge in [-0.05, 0) is 30.9 Å². The van der Waals surface area contributed by atoms with E-state index in [0.717, 1.165) is 39.0 Å². The molecule has 0 bridgehead atoms. The summed E-state index contributed by atoms with van der Waals surface area (Å²) in [6.45, 7) is 5.63. The summed E-state index contributed by atoms with van der Waals surface area (Å²) in [6.07, 6.45) is 2.39. The molecule has 3 N–H and O–H groups in total. The van der Waals surface area contributed by atoms with Crippen LogP contribution < -0.4 is 11.1 Å².